The first-order chi connectivity index (χ1) is 9.09. The first-order valence-corrected chi connectivity index (χ1v) is 7.36. The third-order valence-corrected chi connectivity index (χ3v) is 4.30. The number of ether oxygens (including phenoxy) is 1. The SMILES string of the molecule is CN(CCN1CCOCC1)C(=O)CC1(O)CCCC1. The van der Waals surface area contributed by atoms with Crippen molar-refractivity contribution >= 4 is 5.91 Å². The van der Waals surface area contributed by atoms with E-state index in [-0.39, 0.29) is 12.3 Å². The molecule has 0 aromatic heterocycles. The molecule has 0 spiro atoms. The predicted molar refractivity (Wildman–Crippen MR) is 72.9 cm³/mol. The summed E-state index contributed by atoms with van der Waals surface area (Å²) in [5.74, 6) is 0.0673. The average molecular weight is 270 g/mol. The Morgan fingerprint density at radius 1 is 1.32 bits per heavy atom. The molecule has 1 aliphatic carbocycles. The van der Waals surface area contributed by atoms with E-state index in [9.17, 15) is 9.90 Å². The number of likely N-dealkylation sites (N-methyl/N-ethyl adjacent to an activating group) is 1. The van der Waals surface area contributed by atoms with Crippen LogP contribution in [0.15, 0.2) is 0 Å². The minimum atomic E-state index is -0.732. The molecule has 1 saturated carbocycles. The van der Waals surface area contributed by atoms with Gasteiger partial charge in [0.05, 0.1) is 25.2 Å². The number of carbonyl (C=O) groups is 1. The van der Waals surface area contributed by atoms with Crippen molar-refractivity contribution in [2.45, 2.75) is 37.7 Å². The summed E-state index contributed by atoms with van der Waals surface area (Å²) in [5.41, 5.74) is -0.732. The number of carbonyl (C=O) groups excluding carboxylic acids is 1. The van der Waals surface area contributed by atoms with Crippen molar-refractivity contribution in [3.05, 3.63) is 0 Å². The highest BCUT2D eigenvalue weighted by Gasteiger charge is 2.34. The molecule has 2 aliphatic rings. The molecule has 1 heterocycles. The quantitative estimate of drug-likeness (QED) is 0.789. The second-order valence-corrected chi connectivity index (χ2v) is 5.88. The van der Waals surface area contributed by atoms with Crippen LogP contribution in [0.4, 0.5) is 0 Å². The summed E-state index contributed by atoms with van der Waals surface area (Å²) in [7, 11) is 1.83. The Bertz CT molecular complexity index is 297. The van der Waals surface area contributed by atoms with Gasteiger partial charge in [0.25, 0.3) is 0 Å². The van der Waals surface area contributed by atoms with Gasteiger partial charge in [0.2, 0.25) is 5.91 Å². The van der Waals surface area contributed by atoms with Gasteiger partial charge in [-0.15, -0.1) is 0 Å². The van der Waals surface area contributed by atoms with Crippen molar-refractivity contribution in [3.8, 4) is 0 Å². The average Bonchev–Trinajstić information content (AvgIpc) is 2.83. The van der Waals surface area contributed by atoms with E-state index in [0.717, 1.165) is 65.1 Å². The van der Waals surface area contributed by atoms with Gasteiger partial charge >= 0.3 is 0 Å². The van der Waals surface area contributed by atoms with Crippen molar-refractivity contribution in [1.82, 2.24) is 9.80 Å². The summed E-state index contributed by atoms with van der Waals surface area (Å²) in [6.45, 7) is 5.10. The Hall–Kier alpha value is -0.650. The summed E-state index contributed by atoms with van der Waals surface area (Å²) >= 11 is 0. The number of hydrogen-bond donors (Lipinski definition) is 1. The molecule has 1 aliphatic heterocycles. The highest BCUT2D eigenvalue weighted by molar-refractivity contribution is 5.77. The van der Waals surface area contributed by atoms with Gasteiger partial charge in [0, 0.05) is 33.2 Å². The summed E-state index contributed by atoms with van der Waals surface area (Å²) in [6.07, 6.45) is 3.92. The third-order valence-electron chi connectivity index (χ3n) is 4.30. The molecule has 0 atom stereocenters. The van der Waals surface area contributed by atoms with Crippen LogP contribution in [-0.4, -0.2) is 72.9 Å². The van der Waals surface area contributed by atoms with E-state index in [2.05, 4.69) is 4.90 Å². The zero-order valence-electron chi connectivity index (χ0n) is 11.9. The van der Waals surface area contributed by atoms with Crippen molar-refractivity contribution in [3.63, 3.8) is 0 Å². The molecule has 110 valence electrons. The third kappa shape index (κ3) is 4.44. The van der Waals surface area contributed by atoms with E-state index in [0.29, 0.717) is 0 Å². The van der Waals surface area contributed by atoms with E-state index >= 15 is 0 Å². The molecular weight excluding hydrogens is 244 g/mol. The van der Waals surface area contributed by atoms with Gasteiger partial charge in [-0.3, -0.25) is 9.69 Å². The van der Waals surface area contributed by atoms with Gasteiger partial charge in [-0.05, 0) is 12.8 Å². The van der Waals surface area contributed by atoms with Gasteiger partial charge in [0.1, 0.15) is 0 Å². The van der Waals surface area contributed by atoms with Crippen molar-refractivity contribution in [2.24, 2.45) is 0 Å². The van der Waals surface area contributed by atoms with Crippen LogP contribution in [0.5, 0.6) is 0 Å². The van der Waals surface area contributed by atoms with Gasteiger partial charge in [-0.2, -0.15) is 0 Å². The molecule has 5 nitrogen and oxygen atoms in total. The molecule has 2 fully saturated rings. The maximum atomic E-state index is 12.1. The fraction of sp³-hybridized carbons (Fsp3) is 0.929. The lowest BCUT2D eigenvalue weighted by atomic mass is 9.97. The fourth-order valence-corrected chi connectivity index (χ4v) is 2.87. The van der Waals surface area contributed by atoms with Crippen molar-refractivity contribution in [1.29, 1.82) is 0 Å². The van der Waals surface area contributed by atoms with Crippen LogP contribution in [0, 0.1) is 0 Å². The molecule has 1 saturated heterocycles. The normalized spacial score (nSPS) is 23.5. The Labute approximate surface area is 115 Å². The van der Waals surface area contributed by atoms with Crippen molar-refractivity contribution in [2.75, 3.05) is 46.4 Å². The van der Waals surface area contributed by atoms with Gasteiger partial charge in [-0.1, -0.05) is 12.8 Å². The van der Waals surface area contributed by atoms with Crippen LogP contribution in [0.1, 0.15) is 32.1 Å². The fourth-order valence-electron chi connectivity index (χ4n) is 2.87. The molecule has 5 heteroatoms. The number of hydrogen-bond acceptors (Lipinski definition) is 4. The summed E-state index contributed by atoms with van der Waals surface area (Å²) in [5, 5.41) is 10.3. The Morgan fingerprint density at radius 2 is 1.95 bits per heavy atom. The Kier molecular flexibility index (Phi) is 5.19. The van der Waals surface area contributed by atoms with E-state index < -0.39 is 5.60 Å². The maximum absolute atomic E-state index is 12.1. The van der Waals surface area contributed by atoms with E-state index in [1.165, 1.54) is 0 Å². The molecular formula is C14H26N2O3. The predicted octanol–water partition coefficient (Wildman–Crippen LogP) is 0.472. The molecule has 0 aromatic rings. The lowest BCUT2D eigenvalue weighted by Crippen LogP contribution is -2.43. The summed E-state index contributed by atoms with van der Waals surface area (Å²) < 4.78 is 5.30. The lowest BCUT2D eigenvalue weighted by Gasteiger charge is -2.30. The van der Waals surface area contributed by atoms with Crippen molar-refractivity contribution < 1.29 is 14.6 Å². The number of rotatable bonds is 5. The minimum absolute atomic E-state index is 0.0673. The largest absolute Gasteiger partial charge is 0.389 e. The molecule has 0 radical (unpaired) electrons. The van der Waals surface area contributed by atoms with E-state index in [1.54, 1.807) is 4.90 Å². The number of morpholine rings is 1. The van der Waals surface area contributed by atoms with Crippen LogP contribution in [0.2, 0.25) is 0 Å². The molecule has 2 rings (SSSR count). The number of aliphatic hydroxyl groups is 1. The van der Waals surface area contributed by atoms with Gasteiger partial charge < -0.3 is 14.7 Å². The topological polar surface area (TPSA) is 53.0 Å². The molecule has 0 aromatic carbocycles. The molecule has 0 bridgehead atoms. The number of nitrogens with zero attached hydrogens (tertiary/aromatic N) is 2. The van der Waals surface area contributed by atoms with Crippen LogP contribution in [0.3, 0.4) is 0 Å². The van der Waals surface area contributed by atoms with Crippen LogP contribution in [-0.2, 0) is 9.53 Å². The Morgan fingerprint density at radius 3 is 2.58 bits per heavy atom. The second-order valence-electron chi connectivity index (χ2n) is 5.88. The van der Waals surface area contributed by atoms with Gasteiger partial charge in [-0.25, -0.2) is 0 Å². The van der Waals surface area contributed by atoms with Crippen LogP contribution >= 0.6 is 0 Å². The van der Waals surface area contributed by atoms with Crippen LogP contribution in [0.25, 0.3) is 0 Å². The first-order valence-electron chi connectivity index (χ1n) is 7.36. The van der Waals surface area contributed by atoms with Gasteiger partial charge in [0.15, 0.2) is 0 Å². The Balaban J connectivity index is 1.69. The molecule has 0 unspecified atom stereocenters. The summed E-state index contributed by atoms with van der Waals surface area (Å²) in [6, 6.07) is 0. The zero-order valence-corrected chi connectivity index (χ0v) is 11.9. The first kappa shape index (κ1) is 14.8. The summed E-state index contributed by atoms with van der Waals surface area (Å²) in [4.78, 5) is 16.2. The monoisotopic (exact) mass is 270 g/mol. The molecule has 1 amide bonds. The smallest absolute Gasteiger partial charge is 0.225 e. The number of amides is 1. The minimum Gasteiger partial charge on any atom is -0.389 e. The highest BCUT2D eigenvalue weighted by Crippen LogP contribution is 2.32. The van der Waals surface area contributed by atoms with E-state index in [1.807, 2.05) is 7.05 Å². The molecule has 1 N–H and O–H groups in total. The second kappa shape index (κ2) is 6.68. The van der Waals surface area contributed by atoms with E-state index in [4.69, 9.17) is 4.74 Å². The molecule has 19 heavy (non-hydrogen) atoms. The lowest BCUT2D eigenvalue weighted by molar-refractivity contribution is -0.135. The van der Waals surface area contributed by atoms with Crippen LogP contribution < -0.4 is 0 Å². The zero-order chi connectivity index (χ0) is 13.7. The standard InChI is InChI=1S/C14H26N2O3/c1-15(6-7-16-8-10-19-11-9-16)13(17)12-14(18)4-2-3-5-14/h18H,2-12H2,1H3. The highest BCUT2D eigenvalue weighted by atomic mass is 16.5. The maximum Gasteiger partial charge on any atom is 0.225 e.